The summed E-state index contributed by atoms with van der Waals surface area (Å²) in [6.07, 6.45) is 3.90. The van der Waals surface area contributed by atoms with Crippen molar-refractivity contribution in [1.29, 1.82) is 0 Å². The minimum absolute atomic E-state index is 0.0800. The van der Waals surface area contributed by atoms with Crippen molar-refractivity contribution in [1.82, 2.24) is 10.9 Å². The van der Waals surface area contributed by atoms with Gasteiger partial charge in [0.15, 0.2) is 0 Å². The molecule has 3 nitrogen and oxygen atoms in total. The van der Waals surface area contributed by atoms with Gasteiger partial charge in [-0.05, 0) is 18.3 Å². The SMILES string of the molecule is CNNC(=O)CCCCC(C)(C)C. The molecule has 0 fully saturated rings. The third-order valence-corrected chi connectivity index (χ3v) is 1.85. The van der Waals surface area contributed by atoms with Gasteiger partial charge in [-0.15, -0.1) is 0 Å². The van der Waals surface area contributed by atoms with E-state index >= 15 is 0 Å². The lowest BCUT2D eigenvalue weighted by molar-refractivity contribution is -0.122. The molecule has 2 N–H and O–H groups in total. The van der Waals surface area contributed by atoms with Gasteiger partial charge in [0.2, 0.25) is 5.91 Å². The lowest BCUT2D eigenvalue weighted by Gasteiger charge is -2.17. The standard InChI is InChI=1S/C10H22N2O/c1-10(2,3)8-6-5-7-9(13)12-11-4/h11H,5-8H2,1-4H3,(H,12,13). The van der Waals surface area contributed by atoms with Crippen molar-refractivity contribution < 1.29 is 4.79 Å². The molecule has 0 spiro atoms. The Hall–Kier alpha value is -0.570. The zero-order chi connectivity index (χ0) is 10.3. The van der Waals surface area contributed by atoms with Gasteiger partial charge >= 0.3 is 0 Å². The van der Waals surface area contributed by atoms with Crippen LogP contribution in [-0.2, 0) is 4.79 Å². The van der Waals surface area contributed by atoms with Crippen LogP contribution < -0.4 is 10.9 Å². The zero-order valence-corrected chi connectivity index (χ0v) is 9.24. The van der Waals surface area contributed by atoms with E-state index in [-0.39, 0.29) is 5.91 Å². The second-order valence-corrected chi connectivity index (χ2v) is 4.57. The van der Waals surface area contributed by atoms with Crippen LogP contribution >= 0.6 is 0 Å². The van der Waals surface area contributed by atoms with Crippen LogP contribution in [0, 0.1) is 5.41 Å². The van der Waals surface area contributed by atoms with Crippen LogP contribution in [0.3, 0.4) is 0 Å². The minimum Gasteiger partial charge on any atom is -0.292 e. The molecule has 0 saturated heterocycles. The van der Waals surface area contributed by atoms with Crippen LogP contribution in [0.5, 0.6) is 0 Å². The lowest BCUT2D eigenvalue weighted by Crippen LogP contribution is -2.33. The molecular formula is C10H22N2O. The van der Waals surface area contributed by atoms with Crippen LogP contribution in [0.4, 0.5) is 0 Å². The Balaban J connectivity index is 3.31. The summed E-state index contributed by atoms with van der Waals surface area (Å²) in [7, 11) is 1.70. The number of carbonyl (C=O) groups is 1. The molecule has 0 radical (unpaired) electrons. The average molecular weight is 186 g/mol. The van der Waals surface area contributed by atoms with Gasteiger partial charge in [-0.1, -0.05) is 27.2 Å². The molecule has 0 unspecified atom stereocenters. The van der Waals surface area contributed by atoms with Gasteiger partial charge < -0.3 is 0 Å². The summed E-state index contributed by atoms with van der Waals surface area (Å²) in [5.74, 6) is 0.0800. The number of hydrazine groups is 1. The van der Waals surface area contributed by atoms with E-state index in [1.807, 2.05) is 0 Å². The fourth-order valence-corrected chi connectivity index (χ4v) is 1.14. The third kappa shape index (κ3) is 9.34. The van der Waals surface area contributed by atoms with Crippen molar-refractivity contribution in [2.45, 2.75) is 46.5 Å². The quantitative estimate of drug-likeness (QED) is 0.508. The molecule has 1 amide bonds. The second-order valence-electron chi connectivity index (χ2n) is 4.57. The highest BCUT2D eigenvalue weighted by Crippen LogP contribution is 2.21. The molecule has 0 aliphatic heterocycles. The smallest absolute Gasteiger partial charge is 0.234 e. The average Bonchev–Trinajstić information content (AvgIpc) is 1.97. The lowest BCUT2D eigenvalue weighted by atomic mass is 9.89. The first kappa shape index (κ1) is 12.4. The maximum absolute atomic E-state index is 11.0. The highest BCUT2D eigenvalue weighted by molar-refractivity contribution is 5.75. The highest BCUT2D eigenvalue weighted by Gasteiger charge is 2.09. The summed E-state index contributed by atoms with van der Waals surface area (Å²) in [6, 6.07) is 0. The van der Waals surface area contributed by atoms with Gasteiger partial charge in [-0.25, -0.2) is 5.43 Å². The molecular weight excluding hydrogens is 164 g/mol. The van der Waals surface area contributed by atoms with Crippen molar-refractivity contribution in [2.24, 2.45) is 5.41 Å². The van der Waals surface area contributed by atoms with Crippen LogP contribution in [0.1, 0.15) is 46.5 Å². The largest absolute Gasteiger partial charge is 0.292 e. The van der Waals surface area contributed by atoms with Crippen molar-refractivity contribution in [3.05, 3.63) is 0 Å². The highest BCUT2D eigenvalue weighted by atomic mass is 16.2. The van der Waals surface area contributed by atoms with Gasteiger partial charge in [0.25, 0.3) is 0 Å². The molecule has 0 bridgehead atoms. The molecule has 78 valence electrons. The maximum atomic E-state index is 11.0. The number of nitrogens with one attached hydrogen (secondary N) is 2. The fraction of sp³-hybridized carbons (Fsp3) is 0.900. The molecule has 0 aromatic heterocycles. The molecule has 0 rings (SSSR count). The number of unbranched alkanes of at least 4 members (excludes halogenated alkanes) is 1. The molecule has 0 saturated carbocycles. The Bertz CT molecular complexity index is 149. The van der Waals surface area contributed by atoms with Crippen LogP contribution in [0.15, 0.2) is 0 Å². The molecule has 3 heteroatoms. The van der Waals surface area contributed by atoms with Crippen molar-refractivity contribution in [3.8, 4) is 0 Å². The molecule has 0 aliphatic carbocycles. The van der Waals surface area contributed by atoms with Gasteiger partial charge in [0.1, 0.15) is 0 Å². The third-order valence-electron chi connectivity index (χ3n) is 1.85. The summed E-state index contributed by atoms with van der Waals surface area (Å²) >= 11 is 0. The van der Waals surface area contributed by atoms with E-state index in [4.69, 9.17) is 0 Å². The summed E-state index contributed by atoms with van der Waals surface area (Å²) < 4.78 is 0. The van der Waals surface area contributed by atoms with E-state index in [9.17, 15) is 4.79 Å². The van der Waals surface area contributed by atoms with Crippen LogP contribution in [0.25, 0.3) is 0 Å². The fourth-order valence-electron chi connectivity index (χ4n) is 1.14. The molecule has 0 aromatic carbocycles. The predicted molar refractivity (Wildman–Crippen MR) is 55.1 cm³/mol. The number of rotatable bonds is 5. The van der Waals surface area contributed by atoms with E-state index < -0.39 is 0 Å². The van der Waals surface area contributed by atoms with Gasteiger partial charge in [-0.2, -0.15) is 0 Å². The first-order chi connectivity index (χ1) is 5.95. The molecule has 0 atom stereocenters. The Morgan fingerprint density at radius 3 is 2.31 bits per heavy atom. The van der Waals surface area contributed by atoms with Crippen LogP contribution in [0.2, 0.25) is 0 Å². The topological polar surface area (TPSA) is 41.1 Å². The van der Waals surface area contributed by atoms with E-state index in [1.54, 1.807) is 7.05 Å². The Morgan fingerprint density at radius 2 is 1.85 bits per heavy atom. The maximum Gasteiger partial charge on any atom is 0.234 e. The Morgan fingerprint density at radius 1 is 1.23 bits per heavy atom. The molecule has 0 aliphatic rings. The van der Waals surface area contributed by atoms with Crippen molar-refractivity contribution in [3.63, 3.8) is 0 Å². The number of hydrogen-bond acceptors (Lipinski definition) is 2. The monoisotopic (exact) mass is 186 g/mol. The number of amides is 1. The van der Waals surface area contributed by atoms with Gasteiger partial charge in [0, 0.05) is 13.5 Å². The summed E-state index contributed by atoms with van der Waals surface area (Å²) in [4.78, 5) is 11.0. The normalized spacial score (nSPS) is 11.4. The summed E-state index contributed by atoms with van der Waals surface area (Å²) in [5, 5.41) is 0. The Kier molecular flexibility index (Phi) is 5.71. The van der Waals surface area contributed by atoms with Crippen molar-refractivity contribution >= 4 is 5.91 Å². The molecule has 0 aromatic rings. The van der Waals surface area contributed by atoms with E-state index in [2.05, 4.69) is 31.6 Å². The van der Waals surface area contributed by atoms with E-state index in [0.717, 1.165) is 12.8 Å². The van der Waals surface area contributed by atoms with Gasteiger partial charge in [-0.3, -0.25) is 10.2 Å². The predicted octanol–water partition coefficient (Wildman–Crippen LogP) is 1.84. The molecule has 13 heavy (non-hydrogen) atoms. The zero-order valence-electron chi connectivity index (χ0n) is 9.24. The summed E-state index contributed by atoms with van der Waals surface area (Å²) in [6.45, 7) is 6.67. The number of hydrogen-bond donors (Lipinski definition) is 2. The molecule has 0 heterocycles. The van der Waals surface area contributed by atoms with Gasteiger partial charge in [0.05, 0.1) is 0 Å². The first-order valence-corrected chi connectivity index (χ1v) is 4.91. The van der Waals surface area contributed by atoms with Crippen molar-refractivity contribution in [2.75, 3.05) is 7.05 Å². The first-order valence-electron chi connectivity index (χ1n) is 4.91. The van der Waals surface area contributed by atoms with E-state index in [1.165, 1.54) is 6.42 Å². The number of carbonyl (C=O) groups excluding carboxylic acids is 1. The second kappa shape index (κ2) is 5.97. The minimum atomic E-state index is 0.0800. The van der Waals surface area contributed by atoms with E-state index in [0.29, 0.717) is 11.8 Å². The Labute approximate surface area is 81.3 Å². The van der Waals surface area contributed by atoms with Crippen LogP contribution in [-0.4, -0.2) is 13.0 Å². The summed E-state index contributed by atoms with van der Waals surface area (Å²) in [5.41, 5.74) is 5.57.